The molecule has 3 aliphatic rings. The maximum absolute atomic E-state index is 13.8. The van der Waals surface area contributed by atoms with Crippen molar-refractivity contribution in [2.24, 2.45) is 0 Å². The highest BCUT2D eigenvalue weighted by Gasteiger charge is 2.38. The fraction of sp³-hybridized carbons (Fsp3) is 0.395. The predicted octanol–water partition coefficient (Wildman–Crippen LogP) is 8.51. The van der Waals surface area contributed by atoms with E-state index in [0.29, 0.717) is 19.4 Å². The van der Waals surface area contributed by atoms with Gasteiger partial charge in [0.1, 0.15) is 0 Å². The van der Waals surface area contributed by atoms with Crippen molar-refractivity contribution in [2.75, 3.05) is 19.9 Å². The monoisotopic (exact) mass is 758 g/mol. The number of ether oxygens (including phenoxy) is 2. The Morgan fingerprint density at radius 3 is 1.95 bits per heavy atom. The van der Waals surface area contributed by atoms with Crippen LogP contribution in [0.5, 0.6) is 11.5 Å². The predicted molar refractivity (Wildman–Crippen MR) is 204 cm³/mol. The molecular formula is C43H49F3N4O5. The highest BCUT2D eigenvalue weighted by atomic mass is 19.4. The number of fused-ring (bicyclic) bond motifs is 1. The minimum absolute atomic E-state index is 0.107. The number of benzene rings is 4. The fourth-order valence-corrected chi connectivity index (χ4v) is 7.32. The average Bonchev–Trinajstić information content (AvgIpc) is 3.67. The SMILES string of the molecule is O=C(NC1CCCCC1)N(Cc1ccc(-c2ccc(CNCc3ccc4c(c3)OCO4)cc2)cc1)C1CCN(Cc2ccccc2)CC1.O=C(O)C(F)(F)F. The lowest BCUT2D eigenvalue weighted by molar-refractivity contribution is -0.192. The van der Waals surface area contributed by atoms with Crippen LogP contribution in [-0.2, 0) is 31.0 Å². The summed E-state index contributed by atoms with van der Waals surface area (Å²) >= 11 is 0. The average molecular weight is 759 g/mol. The van der Waals surface area contributed by atoms with Gasteiger partial charge in [-0.2, -0.15) is 13.2 Å². The van der Waals surface area contributed by atoms with Gasteiger partial charge in [0.05, 0.1) is 0 Å². The number of aliphatic carboxylic acids is 1. The lowest BCUT2D eigenvalue weighted by Crippen LogP contribution is -2.52. The minimum Gasteiger partial charge on any atom is -0.475 e. The summed E-state index contributed by atoms with van der Waals surface area (Å²) in [5.74, 6) is -1.12. The normalized spacial score (nSPS) is 16.2. The third kappa shape index (κ3) is 11.7. The molecule has 3 N–H and O–H groups in total. The number of halogens is 3. The molecule has 9 nitrogen and oxygen atoms in total. The largest absolute Gasteiger partial charge is 0.490 e. The molecule has 55 heavy (non-hydrogen) atoms. The van der Waals surface area contributed by atoms with Crippen molar-refractivity contribution in [1.29, 1.82) is 0 Å². The summed E-state index contributed by atoms with van der Waals surface area (Å²) in [5.41, 5.74) is 7.32. The van der Waals surface area contributed by atoms with E-state index in [2.05, 4.69) is 105 Å². The molecule has 1 aliphatic carbocycles. The van der Waals surface area contributed by atoms with Crippen LogP contribution in [0.2, 0.25) is 0 Å². The van der Waals surface area contributed by atoms with E-state index in [-0.39, 0.29) is 12.1 Å². The second-order valence-corrected chi connectivity index (χ2v) is 14.4. The maximum Gasteiger partial charge on any atom is 0.490 e. The standard InChI is InChI=1S/C41H48N4O3.C2HF3O2/c46-41(43-37-9-5-2-6-10-37)45(38-21-23-44(24-22-38)28-32-7-3-1-4-8-32)29-33-13-18-36(19-14-33)35-16-11-31(12-17-35)26-42-27-34-15-20-39-40(25-34)48-30-47-39;3-2(4,5)1(6)7/h1,3-4,7-8,11-20,25,37-38,42H,2,5-6,9-10,21-24,26-30H2,(H,43,46);(H,6,7). The quantitative estimate of drug-likeness (QED) is 0.141. The molecule has 2 amide bonds. The smallest absolute Gasteiger partial charge is 0.475 e. The summed E-state index contributed by atoms with van der Waals surface area (Å²) in [6.45, 7) is 5.48. The van der Waals surface area contributed by atoms with Crippen molar-refractivity contribution >= 4 is 12.0 Å². The van der Waals surface area contributed by atoms with Crippen LogP contribution in [0.15, 0.2) is 97.1 Å². The van der Waals surface area contributed by atoms with Crippen LogP contribution in [0, 0.1) is 0 Å². The Balaban J connectivity index is 0.000000672. The first-order valence-corrected chi connectivity index (χ1v) is 19.0. The Hall–Kier alpha value is -5.07. The Morgan fingerprint density at radius 1 is 0.727 bits per heavy atom. The van der Waals surface area contributed by atoms with Gasteiger partial charge in [0, 0.05) is 51.4 Å². The summed E-state index contributed by atoms with van der Waals surface area (Å²) < 4.78 is 42.7. The number of carboxylic acids is 1. The topological polar surface area (TPSA) is 103 Å². The number of amides is 2. The van der Waals surface area contributed by atoms with Crippen molar-refractivity contribution in [3.8, 4) is 22.6 Å². The van der Waals surface area contributed by atoms with Gasteiger partial charge in [0.15, 0.2) is 11.5 Å². The number of alkyl halides is 3. The molecule has 0 radical (unpaired) electrons. The lowest BCUT2D eigenvalue weighted by atomic mass is 9.95. The Bertz CT molecular complexity index is 1830. The summed E-state index contributed by atoms with van der Waals surface area (Å²) in [6.07, 6.45) is 2.81. The zero-order valence-corrected chi connectivity index (χ0v) is 30.9. The van der Waals surface area contributed by atoms with Gasteiger partial charge < -0.3 is 30.1 Å². The van der Waals surface area contributed by atoms with E-state index in [9.17, 15) is 18.0 Å². The van der Waals surface area contributed by atoms with E-state index in [1.807, 2.05) is 12.1 Å². The molecule has 2 fully saturated rings. The maximum atomic E-state index is 13.8. The molecule has 7 rings (SSSR count). The second-order valence-electron chi connectivity index (χ2n) is 14.4. The molecule has 0 bridgehead atoms. The highest BCUT2D eigenvalue weighted by Crippen LogP contribution is 2.32. The van der Waals surface area contributed by atoms with Gasteiger partial charge >= 0.3 is 18.2 Å². The molecular weight excluding hydrogens is 709 g/mol. The van der Waals surface area contributed by atoms with E-state index in [1.165, 1.54) is 52.6 Å². The second kappa shape index (κ2) is 19.0. The van der Waals surface area contributed by atoms with E-state index in [4.69, 9.17) is 19.4 Å². The molecule has 292 valence electrons. The Kier molecular flexibility index (Phi) is 13.7. The van der Waals surface area contributed by atoms with Crippen LogP contribution in [0.4, 0.5) is 18.0 Å². The molecule has 0 spiro atoms. The first kappa shape index (κ1) is 39.6. The number of carbonyl (C=O) groups is 2. The van der Waals surface area contributed by atoms with Crippen LogP contribution in [0.1, 0.15) is 67.2 Å². The molecule has 1 saturated heterocycles. The number of nitrogens with one attached hydrogen (secondary N) is 2. The van der Waals surface area contributed by atoms with Gasteiger partial charge in [-0.15, -0.1) is 0 Å². The number of piperidine rings is 1. The minimum atomic E-state index is -5.08. The van der Waals surface area contributed by atoms with Crippen molar-refractivity contribution in [2.45, 2.75) is 89.4 Å². The van der Waals surface area contributed by atoms with Crippen LogP contribution >= 0.6 is 0 Å². The van der Waals surface area contributed by atoms with Crippen molar-refractivity contribution in [1.82, 2.24) is 20.4 Å². The summed E-state index contributed by atoms with van der Waals surface area (Å²) in [6, 6.07) is 35.0. The zero-order valence-electron chi connectivity index (χ0n) is 30.9. The van der Waals surface area contributed by atoms with E-state index in [1.54, 1.807) is 0 Å². The van der Waals surface area contributed by atoms with Crippen LogP contribution in [0.25, 0.3) is 11.1 Å². The fourth-order valence-electron chi connectivity index (χ4n) is 7.32. The van der Waals surface area contributed by atoms with E-state index in [0.717, 1.165) is 69.9 Å². The highest BCUT2D eigenvalue weighted by molar-refractivity contribution is 5.75. The number of hydrogen-bond donors (Lipinski definition) is 3. The molecule has 0 atom stereocenters. The van der Waals surface area contributed by atoms with E-state index < -0.39 is 12.1 Å². The molecule has 12 heteroatoms. The van der Waals surface area contributed by atoms with Gasteiger partial charge in [-0.1, -0.05) is 104 Å². The summed E-state index contributed by atoms with van der Waals surface area (Å²) in [7, 11) is 0. The molecule has 2 heterocycles. The first-order chi connectivity index (χ1) is 26.6. The van der Waals surface area contributed by atoms with Crippen LogP contribution < -0.4 is 20.1 Å². The number of hydrogen-bond acceptors (Lipinski definition) is 6. The first-order valence-electron chi connectivity index (χ1n) is 19.0. The molecule has 0 aromatic heterocycles. The zero-order chi connectivity index (χ0) is 38.6. The molecule has 0 unspecified atom stereocenters. The van der Waals surface area contributed by atoms with Crippen LogP contribution in [-0.4, -0.2) is 65.0 Å². The number of carbonyl (C=O) groups excluding carboxylic acids is 1. The van der Waals surface area contributed by atoms with E-state index >= 15 is 0 Å². The summed E-state index contributed by atoms with van der Waals surface area (Å²) in [4.78, 5) is 27.3. The molecule has 4 aromatic carbocycles. The lowest BCUT2D eigenvalue weighted by Gasteiger charge is -2.39. The molecule has 4 aromatic rings. The van der Waals surface area contributed by atoms with Gasteiger partial charge in [0.2, 0.25) is 6.79 Å². The number of nitrogens with zero attached hydrogens (tertiary/aromatic N) is 2. The van der Waals surface area contributed by atoms with Gasteiger partial charge in [0.25, 0.3) is 0 Å². The van der Waals surface area contributed by atoms with Gasteiger partial charge in [-0.05, 0) is 71.2 Å². The van der Waals surface area contributed by atoms with Gasteiger partial charge in [-0.25, -0.2) is 9.59 Å². The van der Waals surface area contributed by atoms with Crippen molar-refractivity contribution in [3.63, 3.8) is 0 Å². The number of urea groups is 1. The molecule has 2 aliphatic heterocycles. The third-order valence-corrected chi connectivity index (χ3v) is 10.4. The Labute approximate surface area is 320 Å². The van der Waals surface area contributed by atoms with Crippen molar-refractivity contribution < 1.29 is 37.3 Å². The number of rotatable bonds is 11. The number of likely N-dealkylation sites (tertiary alicyclic amines) is 1. The van der Waals surface area contributed by atoms with Crippen molar-refractivity contribution in [3.05, 3.63) is 119 Å². The number of carboxylic acid groups (broad SMARTS) is 1. The Morgan fingerprint density at radius 2 is 1.31 bits per heavy atom. The third-order valence-electron chi connectivity index (χ3n) is 10.4. The summed E-state index contributed by atoms with van der Waals surface area (Å²) in [5, 5.41) is 14.1. The van der Waals surface area contributed by atoms with Crippen LogP contribution in [0.3, 0.4) is 0 Å². The molecule has 1 saturated carbocycles. The van der Waals surface area contributed by atoms with Gasteiger partial charge in [-0.3, -0.25) is 4.90 Å².